The minimum atomic E-state index is 0.927. The summed E-state index contributed by atoms with van der Waals surface area (Å²) in [5, 5.41) is 0. The van der Waals surface area contributed by atoms with Gasteiger partial charge in [-0.1, -0.05) is 6.07 Å². The van der Waals surface area contributed by atoms with E-state index >= 15 is 0 Å². The van der Waals surface area contributed by atoms with Crippen LogP contribution >= 0.6 is 0 Å². The monoisotopic (exact) mass is 117 g/mol. The van der Waals surface area contributed by atoms with Crippen molar-refractivity contribution in [3.63, 3.8) is 0 Å². The molecule has 0 unspecified atom stereocenters. The smallest absolute Gasteiger partial charge is 0.0632 e. The number of pyridine rings is 1. The molecule has 0 fully saturated rings. The molecule has 0 saturated heterocycles. The summed E-state index contributed by atoms with van der Waals surface area (Å²) >= 11 is 0. The summed E-state index contributed by atoms with van der Waals surface area (Å²) in [7, 11) is 0. The van der Waals surface area contributed by atoms with Crippen molar-refractivity contribution in [1.29, 1.82) is 0 Å². The zero-order valence-corrected chi connectivity index (χ0v) is 5.26. The Morgan fingerprint density at radius 2 is 2.67 bits per heavy atom. The highest BCUT2D eigenvalue weighted by Crippen LogP contribution is 1.93. The lowest BCUT2D eigenvalue weighted by molar-refractivity contribution is 1.29. The Bertz CT molecular complexity index is 189. The van der Waals surface area contributed by atoms with Gasteiger partial charge in [0.15, 0.2) is 0 Å². The molecular weight excluding hydrogens is 110 g/mol. The van der Waals surface area contributed by atoms with Gasteiger partial charge in [-0.3, -0.25) is 4.98 Å². The third-order valence-corrected chi connectivity index (χ3v) is 0.931. The van der Waals surface area contributed by atoms with Crippen molar-refractivity contribution in [2.75, 3.05) is 0 Å². The lowest BCUT2D eigenvalue weighted by atomic mass is 10.3. The van der Waals surface area contributed by atoms with Crippen LogP contribution in [0.5, 0.6) is 0 Å². The maximum absolute atomic E-state index is 3.99. The molecule has 0 N–H and O–H groups in total. The molecule has 1 aromatic heterocycles. The Morgan fingerprint density at radius 3 is 3.22 bits per heavy atom. The molecule has 0 aromatic carbocycles. The Labute approximate surface area is 55.1 Å². The predicted octanol–water partition coefficient (Wildman–Crippen LogP) is 1.72. The van der Waals surface area contributed by atoms with Crippen LogP contribution in [0.2, 0.25) is 0 Å². The van der Waals surface area contributed by atoms with Crippen molar-refractivity contribution in [3.05, 3.63) is 36.2 Å². The molecule has 1 heteroatoms. The summed E-state index contributed by atoms with van der Waals surface area (Å²) in [5.41, 5.74) is 0.927. The van der Waals surface area contributed by atoms with Gasteiger partial charge < -0.3 is 0 Å². The van der Waals surface area contributed by atoms with Crippen molar-refractivity contribution in [3.8, 4) is 0 Å². The highest BCUT2D eigenvalue weighted by molar-refractivity contribution is 5.40. The van der Waals surface area contributed by atoms with Crippen LogP contribution in [0.1, 0.15) is 12.6 Å². The van der Waals surface area contributed by atoms with E-state index in [2.05, 4.69) is 17.1 Å². The molecule has 9 heavy (non-hydrogen) atoms. The Kier molecular flexibility index (Phi) is 2.02. The van der Waals surface area contributed by atoms with Crippen LogP contribution < -0.4 is 0 Å². The molecule has 0 spiro atoms. The predicted molar refractivity (Wildman–Crippen MR) is 36.5 cm³/mol. The van der Waals surface area contributed by atoms with Crippen LogP contribution in [0.4, 0.5) is 0 Å². The van der Waals surface area contributed by atoms with Gasteiger partial charge in [-0.05, 0) is 25.1 Å². The summed E-state index contributed by atoms with van der Waals surface area (Å²) in [6.07, 6.45) is 6.35. The van der Waals surface area contributed by atoms with Crippen molar-refractivity contribution < 1.29 is 0 Å². The molecule has 1 aromatic rings. The van der Waals surface area contributed by atoms with Crippen molar-refractivity contribution >= 4 is 6.08 Å². The standard InChI is InChI=1S/C8H7N/c1-2-5-8-6-3-4-7-9-8/h3,5-7H,1H3. The molecule has 1 heterocycles. The summed E-state index contributed by atoms with van der Waals surface area (Å²) in [6.45, 7) is 1.85. The van der Waals surface area contributed by atoms with Gasteiger partial charge in [0.2, 0.25) is 0 Å². The molecule has 0 bridgehead atoms. The van der Waals surface area contributed by atoms with Crippen LogP contribution in [0.15, 0.2) is 18.3 Å². The Morgan fingerprint density at radius 1 is 1.78 bits per heavy atom. The molecule has 0 atom stereocenters. The number of hydrogen-bond donors (Lipinski definition) is 0. The fourth-order valence-corrected chi connectivity index (χ4v) is 0.565. The number of nitrogens with zero attached hydrogens (tertiary/aromatic N) is 1. The molecule has 1 nitrogen and oxygen atoms in total. The molecule has 0 amide bonds. The van der Waals surface area contributed by atoms with E-state index < -0.39 is 0 Å². The lowest BCUT2D eigenvalue weighted by Crippen LogP contribution is -1.75. The fourth-order valence-electron chi connectivity index (χ4n) is 0.565. The quantitative estimate of drug-likeness (QED) is 0.545. The van der Waals surface area contributed by atoms with Crippen LogP contribution in [0.25, 0.3) is 6.08 Å². The van der Waals surface area contributed by atoms with Gasteiger partial charge >= 0.3 is 0 Å². The van der Waals surface area contributed by atoms with Gasteiger partial charge in [-0.15, -0.1) is 0 Å². The van der Waals surface area contributed by atoms with E-state index in [4.69, 9.17) is 0 Å². The third-order valence-electron chi connectivity index (χ3n) is 0.931. The average Bonchev–Trinajstić information content (AvgIpc) is 1.91. The normalized spacial score (nSPS) is 10.3. The minimum absolute atomic E-state index is 0.927. The van der Waals surface area contributed by atoms with Gasteiger partial charge in [-0.2, -0.15) is 0 Å². The van der Waals surface area contributed by atoms with Crippen molar-refractivity contribution in [2.24, 2.45) is 0 Å². The first-order chi connectivity index (χ1) is 4.43. The first-order valence-electron chi connectivity index (χ1n) is 2.76. The lowest BCUT2D eigenvalue weighted by Gasteiger charge is -1.85. The van der Waals surface area contributed by atoms with E-state index in [0.29, 0.717) is 0 Å². The summed E-state index contributed by atoms with van der Waals surface area (Å²) in [4.78, 5) is 3.99. The third kappa shape index (κ3) is 1.68. The SMILES string of the molecule is C[C]=Cc1cc[c]cn1. The Hall–Kier alpha value is -1.11. The second kappa shape index (κ2) is 3.02. The van der Waals surface area contributed by atoms with E-state index in [1.165, 1.54) is 0 Å². The number of hydrogen-bond acceptors (Lipinski definition) is 1. The van der Waals surface area contributed by atoms with Crippen LogP contribution in [0.3, 0.4) is 0 Å². The summed E-state index contributed by atoms with van der Waals surface area (Å²) < 4.78 is 0. The zero-order chi connectivity index (χ0) is 6.53. The second-order valence-corrected chi connectivity index (χ2v) is 1.62. The van der Waals surface area contributed by atoms with E-state index in [1.807, 2.05) is 25.1 Å². The van der Waals surface area contributed by atoms with Crippen LogP contribution in [-0.4, -0.2) is 4.98 Å². The van der Waals surface area contributed by atoms with Crippen molar-refractivity contribution in [1.82, 2.24) is 4.98 Å². The molecule has 0 saturated carbocycles. The average molecular weight is 117 g/mol. The van der Waals surface area contributed by atoms with Gasteiger partial charge in [0.1, 0.15) is 0 Å². The second-order valence-electron chi connectivity index (χ2n) is 1.62. The fraction of sp³-hybridized carbons (Fsp3) is 0.125. The van der Waals surface area contributed by atoms with Gasteiger partial charge in [-0.25, -0.2) is 0 Å². The molecule has 0 aliphatic carbocycles. The molecular formula is C8H7N. The summed E-state index contributed by atoms with van der Waals surface area (Å²) in [5.74, 6) is 0. The van der Waals surface area contributed by atoms with Crippen LogP contribution in [-0.2, 0) is 0 Å². The van der Waals surface area contributed by atoms with Gasteiger partial charge in [0.05, 0.1) is 5.69 Å². The maximum Gasteiger partial charge on any atom is 0.0632 e. The largest absolute Gasteiger partial charge is 0.256 e. The Balaban J connectivity index is 2.85. The van der Waals surface area contributed by atoms with Gasteiger partial charge in [0.25, 0.3) is 0 Å². The first kappa shape index (κ1) is 6.02. The highest BCUT2D eigenvalue weighted by Gasteiger charge is 1.79. The number of aromatic nitrogens is 1. The number of rotatable bonds is 1. The molecule has 0 aliphatic heterocycles. The highest BCUT2D eigenvalue weighted by atomic mass is 14.6. The van der Waals surface area contributed by atoms with E-state index in [-0.39, 0.29) is 0 Å². The van der Waals surface area contributed by atoms with E-state index in [9.17, 15) is 0 Å². The molecule has 1 rings (SSSR count). The van der Waals surface area contributed by atoms with Crippen LogP contribution in [0, 0.1) is 12.1 Å². The number of allylic oxidation sites excluding steroid dienone is 1. The molecule has 44 valence electrons. The van der Waals surface area contributed by atoms with Crippen molar-refractivity contribution in [2.45, 2.75) is 6.92 Å². The maximum atomic E-state index is 3.99. The zero-order valence-electron chi connectivity index (χ0n) is 5.26. The van der Waals surface area contributed by atoms with Gasteiger partial charge in [0, 0.05) is 12.3 Å². The van der Waals surface area contributed by atoms with E-state index in [0.717, 1.165) is 5.69 Å². The minimum Gasteiger partial charge on any atom is -0.256 e. The summed E-state index contributed by atoms with van der Waals surface area (Å²) in [6, 6.07) is 6.55. The topological polar surface area (TPSA) is 12.9 Å². The first-order valence-corrected chi connectivity index (χ1v) is 2.76. The molecule has 2 radical (unpaired) electrons. The molecule has 0 aliphatic rings. The van der Waals surface area contributed by atoms with E-state index in [1.54, 1.807) is 6.20 Å².